The van der Waals surface area contributed by atoms with Crippen molar-refractivity contribution in [3.05, 3.63) is 77.6 Å². The summed E-state index contributed by atoms with van der Waals surface area (Å²) in [6.07, 6.45) is -0.990. The summed E-state index contributed by atoms with van der Waals surface area (Å²) in [5, 5.41) is 7.00. The molecule has 0 fully saturated rings. The number of amides is 2. The van der Waals surface area contributed by atoms with Crippen molar-refractivity contribution in [3.8, 4) is 0 Å². The van der Waals surface area contributed by atoms with E-state index in [2.05, 4.69) is 10.6 Å². The van der Waals surface area contributed by atoms with Crippen molar-refractivity contribution in [1.82, 2.24) is 5.32 Å². The third-order valence-electron chi connectivity index (χ3n) is 4.78. The number of benzene rings is 3. The van der Waals surface area contributed by atoms with E-state index in [0.717, 1.165) is 16.3 Å². The van der Waals surface area contributed by atoms with Gasteiger partial charge in [-0.25, -0.2) is 4.39 Å². The zero-order valence-electron chi connectivity index (χ0n) is 17.3. The number of aryl methyl sites for hydroxylation is 1. The number of nitrogens with one attached hydrogen (secondary N) is 2. The van der Waals surface area contributed by atoms with Crippen LogP contribution in [-0.2, 0) is 25.5 Å². The van der Waals surface area contributed by atoms with Crippen LogP contribution in [-0.4, -0.2) is 30.4 Å². The summed E-state index contributed by atoms with van der Waals surface area (Å²) in [6.45, 7) is 2.65. The highest BCUT2D eigenvalue weighted by Gasteiger charge is 2.19. The van der Waals surface area contributed by atoms with Crippen LogP contribution < -0.4 is 10.6 Å². The van der Waals surface area contributed by atoms with Gasteiger partial charge in [0.2, 0.25) is 5.91 Å². The normalized spacial score (nSPS) is 11.6. The van der Waals surface area contributed by atoms with Gasteiger partial charge in [0, 0.05) is 5.69 Å². The molecule has 0 aliphatic heterocycles. The topological polar surface area (TPSA) is 84.5 Å². The first-order valence-corrected chi connectivity index (χ1v) is 9.83. The van der Waals surface area contributed by atoms with Crippen LogP contribution in [0.2, 0.25) is 0 Å². The van der Waals surface area contributed by atoms with E-state index in [1.54, 1.807) is 13.0 Å². The standard InChI is InChI=1S/C24H23FN2O4/c1-15-10-11-19(13-21(15)25)27-24(30)16(2)31-23(29)14-26-22(28)12-18-8-5-7-17-6-3-4-9-20(17)18/h3-11,13,16H,12,14H2,1-2H3,(H,26,28)(H,27,30)/t16-/m1/s1. The van der Waals surface area contributed by atoms with Crippen LogP contribution in [0.3, 0.4) is 0 Å². The molecule has 0 bridgehead atoms. The van der Waals surface area contributed by atoms with Crippen LogP contribution in [0.5, 0.6) is 0 Å². The monoisotopic (exact) mass is 422 g/mol. The van der Waals surface area contributed by atoms with Crippen molar-refractivity contribution in [2.45, 2.75) is 26.4 Å². The summed E-state index contributed by atoms with van der Waals surface area (Å²) in [7, 11) is 0. The number of hydrogen-bond acceptors (Lipinski definition) is 4. The molecule has 0 aliphatic rings. The van der Waals surface area contributed by atoms with Gasteiger partial charge in [-0.15, -0.1) is 0 Å². The lowest BCUT2D eigenvalue weighted by Crippen LogP contribution is -2.36. The fraction of sp³-hybridized carbons (Fsp3) is 0.208. The van der Waals surface area contributed by atoms with Crippen molar-refractivity contribution in [1.29, 1.82) is 0 Å². The maximum atomic E-state index is 13.6. The maximum Gasteiger partial charge on any atom is 0.326 e. The Kier molecular flexibility index (Phi) is 6.97. The van der Waals surface area contributed by atoms with Crippen molar-refractivity contribution < 1.29 is 23.5 Å². The molecular formula is C24H23FN2O4. The first kappa shape index (κ1) is 22.0. The molecule has 1 atom stereocenters. The fourth-order valence-electron chi connectivity index (χ4n) is 3.06. The van der Waals surface area contributed by atoms with Crippen LogP contribution in [0, 0.1) is 12.7 Å². The summed E-state index contributed by atoms with van der Waals surface area (Å²) in [6, 6.07) is 17.7. The highest BCUT2D eigenvalue weighted by Crippen LogP contribution is 2.19. The number of hydrogen-bond donors (Lipinski definition) is 2. The van der Waals surface area contributed by atoms with Gasteiger partial charge in [0.25, 0.3) is 5.91 Å². The predicted octanol–water partition coefficient (Wildman–Crippen LogP) is 3.52. The quantitative estimate of drug-likeness (QED) is 0.571. The first-order chi connectivity index (χ1) is 14.8. The van der Waals surface area contributed by atoms with E-state index < -0.39 is 23.8 Å². The predicted molar refractivity (Wildman–Crippen MR) is 116 cm³/mol. The fourth-order valence-corrected chi connectivity index (χ4v) is 3.06. The molecule has 0 aliphatic carbocycles. The zero-order chi connectivity index (χ0) is 22.4. The number of carbonyl (C=O) groups excluding carboxylic acids is 3. The van der Waals surface area contributed by atoms with E-state index >= 15 is 0 Å². The Morgan fingerprint density at radius 1 is 1.03 bits per heavy atom. The Bertz CT molecular complexity index is 1120. The first-order valence-electron chi connectivity index (χ1n) is 9.83. The molecule has 0 spiro atoms. The van der Waals surface area contributed by atoms with Crippen LogP contribution in [0.1, 0.15) is 18.1 Å². The molecule has 3 aromatic carbocycles. The van der Waals surface area contributed by atoms with E-state index in [1.165, 1.54) is 19.1 Å². The van der Waals surface area contributed by atoms with Crippen LogP contribution in [0.4, 0.5) is 10.1 Å². The number of esters is 1. The van der Waals surface area contributed by atoms with Gasteiger partial charge < -0.3 is 15.4 Å². The summed E-state index contributed by atoms with van der Waals surface area (Å²) in [5.74, 6) is -2.13. The van der Waals surface area contributed by atoms with Gasteiger partial charge in [0.05, 0.1) is 6.42 Å². The zero-order valence-corrected chi connectivity index (χ0v) is 17.3. The smallest absolute Gasteiger partial charge is 0.326 e. The summed E-state index contributed by atoms with van der Waals surface area (Å²) in [5.41, 5.74) is 1.57. The van der Waals surface area contributed by atoms with E-state index in [4.69, 9.17) is 4.74 Å². The lowest BCUT2D eigenvalue weighted by Gasteiger charge is -2.14. The molecule has 0 saturated heterocycles. The molecule has 31 heavy (non-hydrogen) atoms. The Morgan fingerprint density at radius 3 is 2.55 bits per heavy atom. The number of rotatable bonds is 7. The Hall–Kier alpha value is -3.74. The molecule has 160 valence electrons. The van der Waals surface area contributed by atoms with Crippen LogP contribution in [0.15, 0.2) is 60.7 Å². The summed E-state index contributed by atoms with van der Waals surface area (Å²) >= 11 is 0. The van der Waals surface area contributed by atoms with Gasteiger partial charge in [-0.1, -0.05) is 48.5 Å². The third-order valence-corrected chi connectivity index (χ3v) is 4.78. The SMILES string of the molecule is Cc1ccc(NC(=O)[C@@H](C)OC(=O)CNC(=O)Cc2cccc3ccccc23)cc1F. The van der Waals surface area contributed by atoms with Crippen LogP contribution >= 0.6 is 0 Å². The lowest BCUT2D eigenvalue weighted by atomic mass is 10.0. The molecule has 3 rings (SSSR count). The number of carbonyl (C=O) groups is 3. The highest BCUT2D eigenvalue weighted by molar-refractivity contribution is 5.95. The molecule has 2 amide bonds. The minimum atomic E-state index is -1.10. The Morgan fingerprint density at radius 2 is 1.77 bits per heavy atom. The minimum absolute atomic E-state index is 0.115. The number of halogens is 1. The second-order valence-electron chi connectivity index (χ2n) is 7.18. The van der Waals surface area contributed by atoms with Gasteiger partial charge in [0.15, 0.2) is 6.10 Å². The molecule has 0 saturated carbocycles. The molecule has 0 unspecified atom stereocenters. The van der Waals surface area contributed by atoms with Gasteiger partial charge >= 0.3 is 5.97 Å². The molecule has 0 radical (unpaired) electrons. The summed E-state index contributed by atoms with van der Waals surface area (Å²) < 4.78 is 18.6. The molecule has 7 heteroatoms. The van der Waals surface area contributed by atoms with Gasteiger partial charge in [0.1, 0.15) is 12.4 Å². The van der Waals surface area contributed by atoms with E-state index in [1.807, 2.05) is 42.5 Å². The average molecular weight is 422 g/mol. The van der Waals surface area contributed by atoms with E-state index in [9.17, 15) is 18.8 Å². The van der Waals surface area contributed by atoms with Crippen molar-refractivity contribution in [2.75, 3.05) is 11.9 Å². The largest absolute Gasteiger partial charge is 0.451 e. The molecule has 2 N–H and O–H groups in total. The molecule has 0 aromatic heterocycles. The van der Waals surface area contributed by atoms with Gasteiger partial charge in [-0.3, -0.25) is 14.4 Å². The molecule has 3 aromatic rings. The minimum Gasteiger partial charge on any atom is -0.451 e. The maximum absolute atomic E-state index is 13.6. The van der Waals surface area contributed by atoms with Crippen molar-refractivity contribution >= 4 is 34.2 Å². The van der Waals surface area contributed by atoms with E-state index in [-0.39, 0.29) is 24.6 Å². The second-order valence-corrected chi connectivity index (χ2v) is 7.18. The molecule has 0 heterocycles. The molecule has 6 nitrogen and oxygen atoms in total. The highest BCUT2D eigenvalue weighted by atomic mass is 19.1. The third kappa shape index (κ3) is 5.88. The van der Waals surface area contributed by atoms with Gasteiger partial charge in [-0.05, 0) is 47.9 Å². The van der Waals surface area contributed by atoms with Crippen molar-refractivity contribution in [3.63, 3.8) is 0 Å². The van der Waals surface area contributed by atoms with Crippen molar-refractivity contribution in [2.24, 2.45) is 0 Å². The van der Waals surface area contributed by atoms with Gasteiger partial charge in [-0.2, -0.15) is 0 Å². The second kappa shape index (κ2) is 9.84. The molecular weight excluding hydrogens is 399 g/mol. The Balaban J connectivity index is 1.48. The average Bonchev–Trinajstić information content (AvgIpc) is 2.75. The number of ether oxygens (including phenoxy) is 1. The summed E-state index contributed by atoms with van der Waals surface area (Å²) in [4.78, 5) is 36.4. The number of anilines is 1. The Labute approximate surface area is 179 Å². The van der Waals surface area contributed by atoms with Crippen LogP contribution in [0.25, 0.3) is 10.8 Å². The van der Waals surface area contributed by atoms with E-state index in [0.29, 0.717) is 5.56 Å². The lowest BCUT2D eigenvalue weighted by molar-refractivity contribution is -0.152. The number of fused-ring (bicyclic) bond motifs is 1.